The first kappa shape index (κ1) is 83.2. The van der Waals surface area contributed by atoms with Gasteiger partial charge in [-0.2, -0.15) is 0 Å². The molecule has 34 heteroatoms. The molecule has 0 radical (unpaired) electrons. The highest BCUT2D eigenvalue weighted by molar-refractivity contribution is 5.78. The van der Waals surface area contributed by atoms with Crippen LogP contribution in [0.3, 0.4) is 0 Å². The summed E-state index contributed by atoms with van der Waals surface area (Å²) in [5.74, 6) is -1.53. The van der Waals surface area contributed by atoms with Gasteiger partial charge in [0.25, 0.3) is 0 Å². The van der Waals surface area contributed by atoms with Gasteiger partial charge in [0.15, 0.2) is 18.9 Å². The number of aliphatic hydroxyl groups excluding tert-OH is 12. The van der Waals surface area contributed by atoms with Crippen LogP contribution in [0.5, 0.6) is 0 Å². The third-order valence-electron chi connectivity index (χ3n) is 15.0. The van der Waals surface area contributed by atoms with Gasteiger partial charge in [0, 0.05) is 103 Å². The van der Waals surface area contributed by atoms with E-state index in [4.69, 9.17) is 42.6 Å². The fourth-order valence-electron chi connectivity index (χ4n) is 9.86. The van der Waals surface area contributed by atoms with E-state index in [2.05, 4.69) is 37.2 Å². The fourth-order valence-corrected chi connectivity index (χ4v) is 9.86. The van der Waals surface area contributed by atoms with Crippen molar-refractivity contribution in [2.75, 3.05) is 119 Å². The maximum absolute atomic E-state index is 12.8. The lowest BCUT2D eigenvalue weighted by molar-refractivity contribution is -0.301. The third-order valence-corrected chi connectivity index (χ3v) is 15.0. The number of carbonyl (C=O) groups excluding carboxylic acids is 6. The van der Waals surface area contributed by atoms with E-state index in [9.17, 15) is 90.0 Å². The van der Waals surface area contributed by atoms with Gasteiger partial charge in [-0.1, -0.05) is 0 Å². The van der Waals surface area contributed by atoms with Crippen LogP contribution in [0.2, 0.25) is 0 Å². The van der Waals surface area contributed by atoms with Crippen LogP contribution in [0.1, 0.15) is 117 Å². The van der Waals surface area contributed by atoms with Crippen molar-refractivity contribution in [2.24, 2.45) is 0 Å². The summed E-state index contributed by atoms with van der Waals surface area (Å²) in [6.45, 7) is 6.03. The molecule has 3 rings (SSSR count). The number of rotatable bonds is 49. The minimum atomic E-state index is -1.55. The molecular weight excluding hydrogens is 1240 g/mol. The normalized spacial score (nSPS) is 27.2. The van der Waals surface area contributed by atoms with Gasteiger partial charge < -0.3 is 141 Å². The lowest BCUT2D eigenvalue weighted by Gasteiger charge is -2.40. The standard InChI is InChI=1S/C59H109N7O27/c1-58(2,3)66-59(34-85-28-16-43(73)63-22-10-19-60-40(70)13-4-7-25-88-55-52(82)49(79)46(76)37(31-67)91-55,35-86-29-17-44(74)64-23-11-20-61-41(71)14-5-8-26-89-56-53(83)50(80)47(77)38(32-68)92-56)36-87-30-18-45(75)65-24-12-21-62-42(72)15-6-9-27-90-57-54(84)51(81)48(78)39(33-69)93-57/h37-39,46-57,66-69,76-84H,4-36H2,1-3H3,(H,60,70)(H,61,71)(H,62,72)(H,63,73)(H,64,74)(H,65,75)/t37?,38?,39?,46-,47-,48-,49?,50?,51?,52?,53?,54?,55+,56+,57+,59?/m1/s1. The van der Waals surface area contributed by atoms with Crippen molar-refractivity contribution in [3.8, 4) is 0 Å². The number of amides is 6. The van der Waals surface area contributed by atoms with Crippen molar-refractivity contribution in [3.63, 3.8) is 0 Å². The number of nitrogens with one attached hydrogen (secondary N) is 7. The molecule has 0 aliphatic carbocycles. The average molecular weight is 1350 g/mol. The van der Waals surface area contributed by atoms with Crippen molar-refractivity contribution in [2.45, 2.75) is 220 Å². The van der Waals surface area contributed by atoms with Crippen molar-refractivity contribution in [1.29, 1.82) is 0 Å². The summed E-state index contributed by atoms with van der Waals surface area (Å²) in [6.07, 6.45) is -16.2. The summed E-state index contributed by atoms with van der Waals surface area (Å²) in [4.78, 5) is 75.6. The predicted molar refractivity (Wildman–Crippen MR) is 325 cm³/mol. The van der Waals surface area contributed by atoms with Crippen LogP contribution in [0.4, 0.5) is 0 Å². The molecule has 0 aromatic heterocycles. The Morgan fingerprint density at radius 2 is 0.581 bits per heavy atom. The average Bonchev–Trinajstić information content (AvgIpc) is 1.33. The van der Waals surface area contributed by atoms with Gasteiger partial charge in [-0.25, -0.2) is 0 Å². The van der Waals surface area contributed by atoms with E-state index in [-0.39, 0.29) is 153 Å². The van der Waals surface area contributed by atoms with Crippen molar-refractivity contribution < 1.29 is 133 Å². The highest BCUT2D eigenvalue weighted by Crippen LogP contribution is 2.25. The van der Waals surface area contributed by atoms with Crippen LogP contribution in [0.15, 0.2) is 0 Å². The lowest BCUT2D eigenvalue weighted by atomic mass is 9.97. The molecule has 3 aliphatic rings. The Morgan fingerprint density at radius 3 is 0.817 bits per heavy atom. The van der Waals surface area contributed by atoms with Crippen LogP contribution in [0.25, 0.3) is 0 Å². The maximum Gasteiger partial charge on any atom is 0.222 e. The second kappa shape index (κ2) is 46.2. The molecule has 3 heterocycles. The molecule has 0 aromatic rings. The lowest BCUT2D eigenvalue weighted by Crippen LogP contribution is -2.62. The number of ether oxygens (including phenoxy) is 9. The van der Waals surface area contributed by atoms with Gasteiger partial charge in [0.2, 0.25) is 35.4 Å². The van der Waals surface area contributed by atoms with Crippen molar-refractivity contribution in [1.82, 2.24) is 37.2 Å². The molecule has 0 spiro atoms. The molecule has 6 amide bonds. The van der Waals surface area contributed by atoms with Gasteiger partial charge in [0.05, 0.1) is 65.0 Å². The Hall–Kier alpha value is -4.06. The molecule has 9 unspecified atom stereocenters. The SMILES string of the molecule is CC(C)(C)NC(COCCC(=O)NCCCNC(=O)CCCCO[C@H]1OC(CO)[C@@H](O)C(O)C1O)(COCCC(=O)NCCCNC(=O)CCCCO[C@H]1OC(CO)[C@@H](O)C(O)C1O)COCCC(=O)NCCCNC(=O)CCCCO[C@H]1OC(CO)[C@@H](O)C(O)C1O. The summed E-state index contributed by atoms with van der Waals surface area (Å²) in [6, 6.07) is 0. The van der Waals surface area contributed by atoms with E-state index >= 15 is 0 Å². The second-order valence-corrected chi connectivity index (χ2v) is 24.3. The van der Waals surface area contributed by atoms with E-state index in [0.29, 0.717) is 77.4 Å². The predicted octanol–water partition coefficient (Wildman–Crippen LogP) is -6.84. The maximum atomic E-state index is 12.8. The fraction of sp³-hybridized carbons (Fsp3) is 0.898. The molecule has 3 saturated heterocycles. The molecule has 19 N–H and O–H groups in total. The molecule has 93 heavy (non-hydrogen) atoms. The van der Waals surface area contributed by atoms with Crippen LogP contribution < -0.4 is 37.2 Å². The van der Waals surface area contributed by atoms with Crippen LogP contribution in [0, 0.1) is 0 Å². The zero-order chi connectivity index (χ0) is 68.8. The van der Waals surface area contributed by atoms with Crippen molar-refractivity contribution in [3.05, 3.63) is 0 Å². The monoisotopic (exact) mass is 1350 g/mol. The summed E-state index contributed by atoms with van der Waals surface area (Å²) in [5, 5.41) is 138. The van der Waals surface area contributed by atoms with E-state index in [1.54, 1.807) is 0 Å². The highest BCUT2D eigenvalue weighted by atomic mass is 16.7. The first-order chi connectivity index (χ1) is 44.3. The van der Waals surface area contributed by atoms with Gasteiger partial charge in [-0.3, -0.25) is 28.8 Å². The molecule has 34 nitrogen and oxygen atoms in total. The van der Waals surface area contributed by atoms with Gasteiger partial charge >= 0.3 is 0 Å². The van der Waals surface area contributed by atoms with Crippen LogP contribution >= 0.6 is 0 Å². The third kappa shape index (κ3) is 33.2. The Morgan fingerprint density at radius 1 is 0.333 bits per heavy atom. The van der Waals surface area contributed by atoms with E-state index in [1.807, 2.05) is 20.8 Å². The molecule has 0 bridgehead atoms. The molecule has 0 aromatic carbocycles. The van der Waals surface area contributed by atoms with Gasteiger partial charge in [0.1, 0.15) is 73.2 Å². The van der Waals surface area contributed by atoms with Crippen molar-refractivity contribution >= 4 is 35.4 Å². The Balaban J connectivity index is 1.38. The molecule has 15 atom stereocenters. The number of hydrogen-bond acceptors (Lipinski definition) is 28. The van der Waals surface area contributed by atoms with E-state index < -0.39 is 123 Å². The molecular formula is C59H109N7O27. The van der Waals surface area contributed by atoms with Crippen LogP contribution in [-0.2, 0) is 71.4 Å². The van der Waals surface area contributed by atoms with Crippen LogP contribution in [-0.4, -0.2) is 318 Å². The first-order valence-electron chi connectivity index (χ1n) is 32.2. The topological polar surface area (TPSA) is 512 Å². The Bertz CT molecular complexity index is 1890. The van der Waals surface area contributed by atoms with Gasteiger partial charge in [-0.15, -0.1) is 0 Å². The summed E-state index contributed by atoms with van der Waals surface area (Å²) >= 11 is 0. The van der Waals surface area contributed by atoms with E-state index in [1.165, 1.54) is 0 Å². The quantitative estimate of drug-likeness (QED) is 0.0252. The molecule has 3 aliphatic heterocycles. The number of hydrogen-bond donors (Lipinski definition) is 19. The minimum Gasteiger partial charge on any atom is -0.394 e. The minimum absolute atomic E-state index is 0.00225. The summed E-state index contributed by atoms with van der Waals surface area (Å²) < 4.78 is 50.5. The van der Waals surface area contributed by atoms with E-state index in [0.717, 1.165) is 0 Å². The molecule has 0 saturated carbocycles. The smallest absolute Gasteiger partial charge is 0.222 e. The number of unbranched alkanes of at least 4 members (excludes halogenated alkanes) is 3. The zero-order valence-corrected chi connectivity index (χ0v) is 54.0. The van der Waals surface area contributed by atoms with Gasteiger partial charge in [-0.05, 0) is 78.6 Å². The summed E-state index contributed by atoms with van der Waals surface area (Å²) in [7, 11) is 0. The Kier molecular flexibility index (Phi) is 41.3. The first-order valence-corrected chi connectivity index (χ1v) is 32.2. The molecule has 3 fully saturated rings. The largest absolute Gasteiger partial charge is 0.394 e. The molecule has 542 valence electrons. The highest BCUT2D eigenvalue weighted by Gasteiger charge is 2.46. The second-order valence-electron chi connectivity index (χ2n) is 24.3. The number of aliphatic hydroxyl groups is 12. The number of carbonyl (C=O) groups is 6. The summed E-state index contributed by atoms with van der Waals surface area (Å²) in [5.41, 5.74) is -1.58. The Labute approximate surface area is 542 Å². The zero-order valence-electron chi connectivity index (χ0n) is 54.0.